The molecule has 0 aliphatic carbocycles. The molecule has 102 valence electrons. The number of amides is 1. The number of hydrogen-bond donors (Lipinski definition) is 2. The molecular formula is C15H21N3O. The third-order valence-electron chi connectivity index (χ3n) is 3.21. The first-order chi connectivity index (χ1) is 9.22. The maximum atomic E-state index is 10.9. The van der Waals surface area contributed by atoms with Crippen LogP contribution in [0.5, 0.6) is 0 Å². The van der Waals surface area contributed by atoms with Gasteiger partial charge in [-0.05, 0) is 30.0 Å². The van der Waals surface area contributed by atoms with E-state index in [0.717, 1.165) is 19.5 Å². The van der Waals surface area contributed by atoms with Gasteiger partial charge in [0.25, 0.3) is 0 Å². The normalized spacial score (nSPS) is 11.0. The quantitative estimate of drug-likeness (QED) is 0.747. The van der Waals surface area contributed by atoms with Crippen LogP contribution in [0.15, 0.2) is 30.5 Å². The maximum absolute atomic E-state index is 10.9. The average Bonchev–Trinajstić information content (AvgIpc) is 2.81. The van der Waals surface area contributed by atoms with Crippen molar-refractivity contribution in [1.82, 2.24) is 9.88 Å². The highest BCUT2D eigenvalue weighted by molar-refractivity contribution is 5.83. The fourth-order valence-corrected chi connectivity index (χ4v) is 2.30. The lowest BCUT2D eigenvalue weighted by atomic mass is 10.1. The van der Waals surface area contributed by atoms with Crippen LogP contribution in [0.2, 0.25) is 0 Å². The molecule has 0 saturated heterocycles. The van der Waals surface area contributed by atoms with Gasteiger partial charge in [0, 0.05) is 25.7 Å². The summed E-state index contributed by atoms with van der Waals surface area (Å²) in [7, 11) is 0. The number of aryl methyl sites for hydroxylation is 1. The molecule has 2 rings (SSSR count). The molecule has 0 aliphatic heterocycles. The van der Waals surface area contributed by atoms with Gasteiger partial charge >= 0.3 is 0 Å². The molecule has 0 spiro atoms. The maximum Gasteiger partial charge on any atom is 0.219 e. The molecule has 0 fully saturated rings. The van der Waals surface area contributed by atoms with Gasteiger partial charge in [0.15, 0.2) is 0 Å². The van der Waals surface area contributed by atoms with Crippen molar-refractivity contribution in [2.75, 3.05) is 6.54 Å². The first-order valence-corrected chi connectivity index (χ1v) is 6.78. The number of benzene rings is 1. The van der Waals surface area contributed by atoms with Crippen molar-refractivity contribution < 1.29 is 4.79 Å². The molecule has 19 heavy (non-hydrogen) atoms. The van der Waals surface area contributed by atoms with Crippen LogP contribution in [0.1, 0.15) is 25.3 Å². The van der Waals surface area contributed by atoms with Gasteiger partial charge in [-0.2, -0.15) is 0 Å². The Kier molecular flexibility index (Phi) is 4.58. The number of fused-ring (bicyclic) bond motifs is 1. The number of nitrogens with one attached hydrogen (secondary N) is 1. The SMILES string of the molecule is CCCNCc1cccc2ccn(CCC(N)=O)c12. The van der Waals surface area contributed by atoms with Gasteiger partial charge in [-0.25, -0.2) is 0 Å². The summed E-state index contributed by atoms with van der Waals surface area (Å²) in [6, 6.07) is 8.38. The highest BCUT2D eigenvalue weighted by atomic mass is 16.1. The topological polar surface area (TPSA) is 60.1 Å². The molecule has 0 unspecified atom stereocenters. The van der Waals surface area contributed by atoms with E-state index in [1.807, 2.05) is 6.20 Å². The number of para-hydroxylation sites is 1. The third-order valence-corrected chi connectivity index (χ3v) is 3.21. The summed E-state index contributed by atoms with van der Waals surface area (Å²) in [6.45, 7) is 4.66. The lowest BCUT2D eigenvalue weighted by Gasteiger charge is -2.10. The third kappa shape index (κ3) is 3.35. The number of aromatic nitrogens is 1. The summed E-state index contributed by atoms with van der Waals surface area (Å²) in [5, 5.41) is 4.63. The van der Waals surface area contributed by atoms with Crippen LogP contribution in [0.25, 0.3) is 10.9 Å². The predicted octanol–water partition coefficient (Wildman–Crippen LogP) is 2.02. The van der Waals surface area contributed by atoms with E-state index < -0.39 is 0 Å². The lowest BCUT2D eigenvalue weighted by Crippen LogP contribution is -2.16. The van der Waals surface area contributed by atoms with E-state index in [1.165, 1.54) is 16.5 Å². The van der Waals surface area contributed by atoms with Gasteiger partial charge in [0.05, 0.1) is 5.52 Å². The Balaban J connectivity index is 2.24. The largest absolute Gasteiger partial charge is 0.370 e. The standard InChI is InChI=1S/C15H21N3O/c1-2-8-17-11-13-5-3-4-12-6-9-18(15(12)13)10-7-14(16)19/h3-6,9,17H,2,7-8,10-11H2,1H3,(H2,16,19). The van der Waals surface area contributed by atoms with Crippen molar-refractivity contribution in [1.29, 1.82) is 0 Å². The molecule has 0 atom stereocenters. The molecule has 1 aromatic carbocycles. The number of carbonyl (C=O) groups is 1. The Morgan fingerprint density at radius 3 is 2.95 bits per heavy atom. The van der Waals surface area contributed by atoms with Crippen LogP contribution in [0, 0.1) is 0 Å². The molecule has 4 heteroatoms. The number of nitrogens with zero attached hydrogens (tertiary/aromatic N) is 1. The highest BCUT2D eigenvalue weighted by Crippen LogP contribution is 2.20. The van der Waals surface area contributed by atoms with Gasteiger partial charge < -0.3 is 15.6 Å². The highest BCUT2D eigenvalue weighted by Gasteiger charge is 2.07. The molecule has 0 aliphatic rings. The predicted molar refractivity (Wildman–Crippen MR) is 77.7 cm³/mol. The van der Waals surface area contributed by atoms with Crippen molar-refractivity contribution in [2.45, 2.75) is 32.9 Å². The number of nitrogens with two attached hydrogens (primary N) is 1. The first-order valence-electron chi connectivity index (χ1n) is 6.78. The van der Waals surface area contributed by atoms with Crippen LogP contribution >= 0.6 is 0 Å². The number of rotatable bonds is 7. The zero-order valence-corrected chi connectivity index (χ0v) is 11.4. The van der Waals surface area contributed by atoms with E-state index in [-0.39, 0.29) is 5.91 Å². The van der Waals surface area contributed by atoms with Gasteiger partial charge in [-0.15, -0.1) is 0 Å². The van der Waals surface area contributed by atoms with Crippen LogP contribution < -0.4 is 11.1 Å². The minimum Gasteiger partial charge on any atom is -0.370 e. The number of carbonyl (C=O) groups excluding carboxylic acids is 1. The van der Waals surface area contributed by atoms with E-state index in [0.29, 0.717) is 13.0 Å². The van der Waals surface area contributed by atoms with Gasteiger partial charge in [0.1, 0.15) is 0 Å². The molecule has 0 saturated carbocycles. The summed E-state index contributed by atoms with van der Waals surface area (Å²) in [5.41, 5.74) is 7.69. The summed E-state index contributed by atoms with van der Waals surface area (Å²) in [4.78, 5) is 10.9. The average molecular weight is 259 g/mol. The Labute approximate surface area is 113 Å². The molecule has 1 aromatic heterocycles. The van der Waals surface area contributed by atoms with E-state index in [2.05, 4.69) is 41.1 Å². The lowest BCUT2D eigenvalue weighted by molar-refractivity contribution is -0.118. The summed E-state index contributed by atoms with van der Waals surface area (Å²) >= 11 is 0. The molecule has 3 N–H and O–H groups in total. The van der Waals surface area contributed by atoms with E-state index in [1.54, 1.807) is 0 Å². The van der Waals surface area contributed by atoms with Crippen LogP contribution in [0.4, 0.5) is 0 Å². The zero-order valence-electron chi connectivity index (χ0n) is 11.4. The summed E-state index contributed by atoms with van der Waals surface area (Å²) < 4.78 is 2.11. The Hall–Kier alpha value is -1.81. The summed E-state index contributed by atoms with van der Waals surface area (Å²) in [6.07, 6.45) is 3.52. The molecule has 1 amide bonds. The zero-order chi connectivity index (χ0) is 13.7. The second-order valence-corrected chi connectivity index (χ2v) is 4.76. The Bertz CT molecular complexity index is 560. The molecule has 0 bridgehead atoms. The minimum atomic E-state index is -0.261. The first kappa shape index (κ1) is 13.6. The van der Waals surface area contributed by atoms with Crippen molar-refractivity contribution >= 4 is 16.8 Å². The van der Waals surface area contributed by atoms with E-state index in [9.17, 15) is 4.79 Å². The van der Waals surface area contributed by atoms with Gasteiger partial charge in [0.2, 0.25) is 5.91 Å². The van der Waals surface area contributed by atoms with Crippen molar-refractivity contribution in [3.05, 3.63) is 36.0 Å². The van der Waals surface area contributed by atoms with E-state index in [4.69, 9.17) is 5.73 Å². The smallest absolute Gasteiger partial charge is 0.219 e. The van der Waals surface area contributed by atoms with Crippen LogP contribution in [-0.4, -0.2) is 17.0 Å². The van der Waals surface area contributed by atoms with Crippen molar-refractivity contribution in [3.63, 3.8) is 0 Å². The van der Waals surface area contributed by atoms with Crippen LogP contribution in [-0.2, 0) is 17.9 Å². The molecular weight excluding hydrogens is 238 g/mol. The van der Waals surface area contributed by atoms with Crippen LogP contribution in [0.3, 0.4) is 0 Å². The molecule has 4 nitrogen and oxygen atoms in total. The second kappa shape index (κ2) is 6.38. The van der Waals surface area contributed by atoms with Crippen molar-refractivity contribution in [2.24, 2.45) is 5.73 Å². The van der Waals surface area contributed by atoms with Crippen molar-refractivity contribution in [3.8, 4) is 0 Å². The Morgan fingerprint density at radius 1 is 1.37 bits per heavy atom. The van der Waals surface area contributed by atoms with Gasteiger partial charge in [-0.1, -0.05) is 25.1 Å². The Morgan fingerprint density at radius 2 is 2.21 bits per heavy atom. The minimum absolute atomic E-state index is 0.261. The second-order valence-electron chi connectivity index (χ2n) is 4.76. The van der Waals surface area contributed by atoms with E-state index >= 15 is 0 Å². The fraction of sp³-hybridized carbons (Fsp3) is 0.400. The number of primary amides is 1. The molecule has 0 radical (unpaired) electrons. The monoisotopic (exact) mass is 259 g/mol. The summed E-state index contributed by atoms with van der Waals surface area (Å²) in [5.74, 6) is -0.261. The molecule has 2 aromatic rings. The van der Waals surface area contributed by atoms with Gasteiger partial charge in [-0.3, -0.25) is 4.79 Å². The number of hydrogen-bond acceptors (Lipinski definition) is 2. The fourth-order valence-electron chi connectivity index (χ4n) is 2.30. The molecule has 1 heterocycles.